The number of aryl methyl sites for hydroxylation is 1. The Labute approximate surface area is 227 Å². The maximum Gasteiger partial charge on any atom is 0.256 e. The molecule has 4 rings (SSSR count). The van der Waals surface area contributed by atoms with Crippen LogP contribution in [-0.2, 0) is 14.3 Å². The second-order valence-corrected chi connectivity index (χ2v) is 9.32. The first-order valence-corrected chi connectivity index (χ1v) is 13.2. The van der Waals surface area contributed by atoms with Crippen LogP contribution in [-0.4, -0.2) is 82.9 Å². The van der Waals surface area contributed by atoms with E-state index in [-0.39, 0.29) is 36.8 Å². The van der Waals surface area contributed by atoms with Gasteiger partial charge in [-0.2, -0.15) is 0 Å². The Balaban J connectivity index is 0.00000205. The van der Waals surface area contributed by atoms with Crippen LogP contribution in [0.3, 0.4) is 0 Å². The van der Waals surface area contributed by atoms with Gasteiger partial charge in [0.1, 0.15) is 5.82 Å². The first-order chi connectivity index (χ1) is 18.6. The number of nitrogens with one attached hydrogen (secondary N) is 3. The summed E-state index contributed by atoms with van der Waals surface area (Å²) in [4.78, 5) is 42.3. The summed E-state index contributed by atoms with van der Waals surface area (Å²) in [5.74, 6) is -1.47. The van der Waals surface area contributed by atoms with Gasteiger partial charge < -0.3 is 35.5 Å². The number of anilines is 1. The number of carbonyl (C=O) groups excluding carboxylic acids is 3. The third kappa shape index (κ3) is 7.31. The van der Waals surface area contributed by atoms with Crippen molar-refractivity contribution in [3.8, 4) is 0 Å². The molecule has 1 saturated heterocycles. The number of aromatic amines is 1. The highest BCUT2D eigenvalue weighted by Gasteiger charge is 2.27. The second-order valence-electron chi connectivity index (χ2n) is 9.32. The van der Waals surface area contributed by atoms with Gasteiger partial charge in [0.05, 0.1) is 43.0 Å². The molecule has 2 aliphatic rings. The van der Waals surface area contributed by atoms with Crippen molar-refractivity contribution in [2.75, 3.05) is 38.2 Å². The number of fused-ring (bicyclic) bond motifs is 1. The molecule has 11 heteroatoms. The molecule has 1 fully saturated rings. The van der Waals surface area contributed by atoms with Crippen molar-refractivity contribution in [1.82, 2.24) is 15.2 Å². The Kier molecular flexibility index (Phi) is 10.4. The van der Waals surface area contributed by atoms with E-state index in [1.807, 2.05) is 13.8 Å². The van der Waals surface area contributed by atoms with E-state index in [1.165, 1.54) is 18.2 Å². The average molecular weight is 545 g/mol. The molecule has 0 radical (unpaired) electrons. The van der Waals surface area contributed by atoms with Gasteiger partial charge in [-0.25, -0.2) is 4.39 Å². The quantitative estimate of drug-likeness (QED) is 0.323. The Hall–Kier alpha value is -3.54. The van der Waals surface area contributed by atoms with Gasteiger partial charge in [0.25, 0.3) is 11.8 Å². The molecule has 2 atom stereocenters. The highest BCUT2D eigenvalue weighted by atomic mass is 19.1. The van der Waals surface area contributed by atoms with Crippen LogP contribution in [0.15, 0.2) is 18.2 Å². The van der Waals surface area contributed by atoms with E-state index >= 15 is 0 Å². The third-order valence-electron chi connectivity index (χ3n) is 6.57. The number of aromatic nitrogens is 1. The molecule has 10 nitrogen and oxygen atoms in total. The lowest BCUT2D eigenvalue weighted by Gasteiger charge is -2.28. The minimum absolute atomic E-state index is 0.0656. The normalized spacial score (nSPS) is 17.2. The third-order valence-corrected chi connectivity index (χ3v) is 6.57. The van der Waals surface area contributed by atoms with Gasteiger partial charge in [0, 0.05) is 48.7 Å². The van der Waals surface area contributed by atoms with Crippen molar-refractivity contribution in [1.29, 1.82) is 0 Å². The first kappa shape index (κ1) is 30.0. The SMILES string of the molecule is CC.Cc1[nH]c(/C=C2\C(=O)Nc3ccc(F)cc32)c(C)c1C(=O)NCC(O)CC(O)CC(=O)N1CCOCC1. The van der Waals surface area contributed by atoms with Crippen molar-refractivity contribution in [2.45, 2.75) is 52.7 Å². The minimum atomic E-state index is -1.05. The fourth-order valence-corrected chi connectivity index (χ4v) is 4.63. The number of carbonyl (C=O) groups is 3. The van der Waals surface area contributed by atoms with Crippen LogP contribution in [0.2, 0.25) is 0 Å². The van der Waals surface area contributed by atoms with Crippen molar-refractivity contribution >= 4 is 35.1 Å². The molecule has 0 bridgehead atoms. The van der Waals surface area contributed by atoms with Crippen LogP contribution in [0.1, 0.15) is 59.6 Å². The van der Waals surface area contributed by atoms with E-state index in [1.54, 1.807) is 24.8 Å². The van der Waals surface area contributed by atoms with E-state index in [0.29, 0.717) is 60.1 Å². The predicted molar refractivity (Wildman–Crippen MR) is 145 cm³/mol. The highest BCUT2D eigenvalue weighted by Crippen LogP contribution is 2.34. The van der Waals surface area contributed by atoms with Gasteiger partial charge in [0.15, 0.2) is 0 Å². The number of hydrogen-bond donors (Lipinski definition) is 5. The lowest BCUT2D eigenvalue weighted by atomic mass is 10.0. The molecule has 2 aromatic rings. The number of H-pyrrole nitrogens is 1. The lowest BCUT2D eigenvalue weighted by molar-refractivity contribution is -0.137. The molecule has 5 N–H and O–H groups in total. The molecule has 0 aliphatic carbocycles. The fraction of sp³-hybridized carbons (Fsp3) is 0.464. The zero-order valence-electron chi connectivity index (χ0n) is 22.8. The van der Waals surface area contributed by atoms with Crippen LogP contribution in [0, 0.1) is 19.7 Å². The summed E-state index contributed by atoms with van der Waals surface area (Å²) in [6.45, 7) is 9.21. The maximum absolute atomic E-state index is 13.7. The lowest BCUT2D eigenvalue weighted by Crippen LogP contribution is -2.42. The fourth-order valence-electron chi connectivity index (χ4n) is 4.63. The van der Waals surface area contributed by atoms with Crippen LogP contribution < -0.4 is 10.6 Å². The Morgan fingerprint density at radius 2 is 1.87 bits per heavy atom. The van der Waals surface area contributed by atoms with E-state index in [9.17, 15) is 29.0 Å². The Bertz CT molecular complexity index is 1230. The molecule has 212 valence electrons. The van der Waals surface area contributed by atoms with E-state index in [2.05, 4.69) is 15.6 Å². The Morgan fingerprint density at radius 1 is 1.18 bits per heavy atom. The van der Waals surface area contributed by atoms with Gasteiger partial charge in [-0.1, -0.05) is 13.8 Å². The average Bonchev–Trinajstić information content (AvgIpc) is 3.38. The summed E-state index contributed by atoms with van der Waals surface area (Å²) in [7, 11) is 0. The first-order valence-electron chi connectivity index (χ1n) is 13.2. The number of morpholine rings is 1. The standard InChI is InChI=1S/C26H31FN4O6.C2H6/c1-14-22(12-20-19-9-16(27)3-4-21(19)30-25(20)35)29-15(2)24(14)26(36)28-13-18(33)10-17(32)11-23(34)31-5-7-37-8-6-31;1-2/h3-4,9,12,17-18,29,32-33H,5-8,10-11,13H2,1-2H3,(H,28,36)(H,30,35);1-2H3/b20-12-;. The molecule has 0 spiro atoms. The van der Waals surface area contributed by atoms with Gasteiger partial charge in [0.2, 0.25) is 5.91 Å². The molecule has 2 aliphatic heterocycles. The number of aliphatic hydroxyl groups is 2. The zero-order chi connectivity index (χ0) is 28.7. The van der Waals surface area contributed by atoms with Crippen molar-refractivity contribution < 1.29 is 33.7 Å². The summed E-state index contributed by atoms with van der Waals surface area (Å²) in [5, 5.41) is 25.9. The van der Waals surface area contributed by atoms with Crippen LogP contribution in [0.25, 0.3) is 11.6 Å². The van der Waals surface area contributed by atoms with Crippen molar-refractivity contribution in [3.05, 3.63) is 52.1 Å². The van der Waals surface area contributed by atoms with Gasteiger partial charge in [-0.05, 0) is 43.7 Å². The molecule has 0 saturated carbocycles. The molecular weight excluding hydrogens is 507 g/mol. The Morgan fingerprint density at radius 3 is 2.56 bits per heavy atom. The van der Waals surface area contributed by atoms with Crippen LogP contribution in [0.5, 0.6) is 0 Å². The second kappa shape index (κ2) is 13.5. The zero-order valence-corrected chi connectivity index (χ0v) is 22.8. The summed E-state index contributed by atoms with van der Waals surface area (Å²) in [6, 6.07) is 4.04. The van der Waals surface area contributed by atoms with Gasteiger partial charge in [-0.3, -0.25) is 14.4 Å². The molecule has 39 heavy (non-hydrogen) atoms. The van der Waals surface area contributed by atoms with E-state index in [0.717, 1.165) is 0 Å². The number of hydrogen-bond acceptors (Lipinski definition) is 6. The number of halogens is 1. The van der Waals surface area contributed by atoms with E-state index in [4.69, 9.17) is 4.74 Å². The molecule has 1 aromatic carbocycles. The van der Waals surface area contributed by atoms with Gasteiger partial charge >= 0.3 is 0 Å². The van der Waals surface area contributed by atoms with Crippen molar-refractivity contribution in [3.63, 3.8) is 0 Å². The predicted octanol–water partition coefficient (Wildman–Crippen LogP) is 2.38. The highest BCUT2D eigenvalue weighted by molar-refractivity contribution is 6.34. The molecule has 2 unspecified atom stereocenters. The van der Waals surface area contributed by atoms with Gasteiger partial charge in [-0.15, -0.1) is 0 Å². The number of rotatable bonds is 8. The smallest absolute Gasteiger partial charge is 0.256 e. The monoisotopic (exact) mass is 544 g/mol. The van der Waals surface area contributed by atoms with E-state index < -0.39 is 23.9 Å². The maximum atomic E-state index is 13.7. The number of aliphatic hydroxyl groups excluding tert-OH is 2. The topological polar surface area (TPSA) is 144 Å². The molecule has 1 aromatic heterocycles. The molecular formula is C28H37FN4O6. The number of benzene rings is 1. The number of ether oxygens (including phenoxy) is 1. The molecule has 3 heterocycles. The number of amides is 3. The summed E-state index contributed by atoms with van der Waals surface area (Å²) in [5.41, 5.74) is 3.27. The minimum Gasteiger partial charge on any atom is -0.392 e. The number of nitrogens with zero attached hydrogens (tertiary/aromatic N) is 1. The molecule has 3 amide bonds. The van der Waals surface area contributed by atoms with Crippen LogP contribution >= 0.6 is 0 Å². The summed E-state index contributed by atoms with van der Waals surface area (Å²) in [6.07, 6.45) is -0.687. The largest absolute Gasteiger partial charge is 0.392 e. The summed E-state index contributed by atoms with van der Waals surface area (Å²) < 4.78 is 19.0. The van der Waals surface area contributed by atoms with Crippen LogP contribution in [0.4, 0.5) is 10.1 Å². The van der Waals surface area contributed by atoms with Crippen molar-refractivity contribution in [2.24, 2.45) is 0 Å². The summed E-state index contributed by atoms with van der Waals surface area (Å²) >= 11 is 0.